The number of ether oxygens (including phenoxy) is 1. The van der Waals surface area contributed by atoms with E-state index in [0.717, 1.165) is 42.7 Å². The van der Waals surface area contributed by atoms with Gasteiger partial charge in [-0.2, -0.15) is 4.31 Å². The summed E-state index contributed by atoms with van der Waals surface area (Å²) in [5.74, 6) is 0.868. The van der Waals surface area contributed by atoms with Crippen LogP contribution in [0.15, 0.2) is 46.2 Å². The lowest BCUT2D eigenvalue weighted by Gasteiger charge is -2.29. The summed E-state index contributed by atoms with van der Waals surface area (Å²) in [5.41, 5.74) is 1.39. The Bertz CT molecular complexity index is 1060. The number of unbranched alkanes of at least 4 members (excludes halogenated alkanes) is 1. The predicted molar refractivity (Wildman–Crippen MR) is 128 cm³/mol. The van der Waals surface area contributed by atoms with Gasteiger partial charge in [-0.25, -0.2) is 12.8 Å². The minimum atomic E-state index is -3.73. The van der Waals surface area contributed by atoms with Crippen LogP contribution in [0, 0.1) is 11.7 Å². The SMILES string of the molecule is CCCC[C@H]1CN(c2ccc(F)cc2)c2cc(SC)c(OCC3CC3)cc2S(=O)(=O)N1C. The molecule has 0 N–H and O–H groups in total. The van der Waals surface area contributed by atoms with Crippen LogP contribution in [0.1, 0.15) is 39.0 Å². The topological polar surface area (TPSA) is 49.9 Å². The molecule has 4 rings (SSSR count). The molecule has 0 amide bonds. The molecule has 0 bridgehead atoms. The van der Waals surface area contributed by atoms with Crippen molar-refractivity contribution >= 4 is 33.2 Å². The molecule has 1 aliphatic heterocycles. The molecule has 32 heavy (non-hydrogen) atoms. The molecule has 174 valence electrons. The summed E-state index contributed by atoms with van der Waals surface area (Å²) in [4.78, 5) is 3.16. The number of benzene rings is 2. The van der Waals surface area contributed by atoms with Crippen LogP contribution in [0.4, 0.5) is 15.8 Å². The number of rotatable bonds is 8. The summed E-state index contributed by atoms with van der Waals surface area (Å²) in [6, 6.07) is 9.68. The highest BCUT2D eigenvalue weighted by Crippen LogP contribution is 2.44. The maximum absolute atomic E-state index is 13.7. The first-order chi connectivity index (χ1) is 15.3. The van der Waals surface area contributed by atoms with E-state index >= 15 is 0 Å². The standard InChI is InChI=1S/C24H31FN2O3S2/c1-4-5-6-20-15-27(19-11-9-18(25)10-12-19)21-13-23(31-3)22(30-16-17-7-8-17)14-24(21)32(28,29)26(20)2/h9-14,17,20H,4-8,15-16H2,1-3H3/t20-/m0/s1. The number of hydrogen-bond donors (Lipinski definition) is 0. The lowest BCUT2D eigenvalue weighted by Crippen LogP contribution is -2.40. The van der Waals surface area contributed by atoms with E-state index in [4.69, 9.17) is 4.74 Å². The van der Waals surface area contributed by atoms with E-state index in [0.29, 0.717) is 30.5 Å². The van der Waals surface area contributed by atoms with Crippen LogP contribution >= 0.6 is 11.8 Å². The summed E-state index contributed by atoms with van der Waals surface area (Å²) in [6.45, 7) is 3.22. The molecule has 1 fully saturated rings. The molecular formula is C24H31FN2O3S2. The smallest absolute Gasteiger partial charge is 0.245 e. The first-order valence-electron chi connectivity index (χ1n) is 11.2. The number of thioether (sulfide) groups is 1. The Labute approximate surface area is 195 Å². The van der Waals surface area contributed by atoms with Gasteiger partial charge in [-0.05, 0) is 61.8 Å². The molecule has 5 nitrogen and oxygen atoms in total. The molecule has 1 aliphatic carbocycles. The van der Waals surface area contributed by atoms with Crippen LogP contribution in [0.5, 0.6) is 5.75 Å². The average molecular weight is 479 g/mol. The fraction of sp³-hybridized carbons (Fsp3) is 0.500. The zero-order valence-corrected chi connectivity index (χ0v) is 20.5. The number of anilines is 2. The van der Waals surface area contributed by atoms with E-state index in [1.807, 2.05) is 17.2 Å². The minimum absolute atomic E-state index is 0.189. The molecule has 2 aliphatic rings. The number of nitrogens with zero attached hydrogens (tertiary/aromatic N) is 2. The molecule has 0 spiro atoms. The lowest BCUT2D eigenvalue weighted by atomic mass is 10.1. The molecule has 1 heterocycles. The zero-order chi connectivity index (χ0) is 22.9. The van der Waals surface area contributed by atoms with Crippen molar-refractivity contribution in [2.24, 2.45) is 5.92 Å². The van der Waals surface area contributed by atoms with Gasteiger partial charge in [-0.15, -0.1) is 11.8 Å². The number of hydrogen-bond acceptors (Lipinski definition) is 5. The largest absolute Gasteiger partial charge is 0.492 e. The van der Waals surface area contributed by atoms with Crippen molar-refractivity contribution in [2.75, 3.05) is 31.4 Å². The van der Waals surface area contributed by atoms with Crippen LogP contribution in [0.3, 0.4) is 0 Å². The Kier molecular flexibility index (Phi) is 7.03. The van der Waals surface area contributed by atoms with Gasteiger partial charge >= 0.3 is 0 Å². The molecule has 0 aromatic heterocycles. The van der Waals surface area contributed by atoms with Gasteiger partial charge in [0.1, 0.15) is 16.5 Å². The Morgan fingerprint density at radius 1 is 1.19 bits per heavy atom. The van der Waals surface area contributed by atoms with Gasteiger partial charge in [-0.3, -0.25) is 0 Å². The number of fused-ring (bicyclic) bond motifs is 1. The van der Waals surface area contributed by atoms with Gasteiger partial charge in [-0.1, -0.05) is 19.8 Å². The fourth-order valence-corrected chi connectivity index (χ4v) is 6.18. The highest BCUT2D eigenvalue weighted by Gasteiger charge is 2.37. The lowest BCUT2D eigenvalue weighted by molar-refractivity contribution is 0.292. The number of halogens is 1. The summed E-state index contributed by atoms with van der Waals surface area (Å²) in [5, 5.41) is 0. The van der Waals surface area contributed by atoms with Gasteiger partial charge < -0.3 is 9.64 Å². The molecule has 8 heteroatoms. The Balaban J connectivity index is 1.85. The predicted octanol–water partition coefficient (Wildman–Crippen LogP) is 5.67. The van der Waals surface area contributed by atoms with Gasteiger partial charge in [0.2, 0.25) is 10.0 Å². The summed E-state index contributed by atoms with van der Waals surface area (Å²) < 4.78 is 48.6. The molecular weight excluding hydrogens is 447 g/mol. The van der Waals surface area contributed by atoms with E-state index < -0.39 is 10.0 Å². The van der Waals surface area contributed by atoms with Gasteiger partial charge in [0.25, 0.3) is 0 Å². The van der Waals surface area contributed by atoms with Crippen LogP contribution in [-0.4, -0.2) is 45.2 Å². The van der Waals surface area contributed by atoms with E-state index in [2.05, 4.69) is 6.92 Å². The Morgan fingerprint density at radius 3 is 2.53 bits per heavy atom. The minimum Gasteiger partial charge on any atom is -0.492 e. The number of sulfonamides is 1. The van der Waals surface area contributed by atoms with Crippen molar-refractivity contribution in [3.63, 3.8) is 0 Å². The van der Waals surface area contributed by atoms with Crippen molar-refractivity contribution in [2.45, 2.75) is 54.9 Å². The first-order valence-corrected chi connectivity index (χ1v) is 13.9. The van der Waals surface area contributed by atoms with Crippen LogP contribution in [0.2, 0.25) is 0 Å². The van der Waals surface area contributed by atoms with E-state index in [1.165, 1.54) is 16.4 Å². The molecule has 0 radical (unpaired) electrons. The van der Waals surface area contributed by atoms with Gasteiger partial charge in [0.15, 0.2) is 0 Å². The van der Waals surface area contributed by atoms with E-state index in [-0.39, 0.29) is 16.8 Å². The number of likely N-dealkylation sites (N-methyl/N-ethyl adjacent to an activating group) is 1. The Morgan fingerprint density at radius 2 is 1.91 bits per heavy atom. The maximum atomic E-state index is 13.7. The Hall–Kier alpha value is -1.77. The highest BCUT2D eigenvalue weighted by atomic mass is 32.2. The quantitative estimate of drug-likeness (QED) is 0.458. The highest BCUT2D eigenvalue weighted by molar-refractivity contribution is 7.98. The molecule has 2 aromatic carbocycles. The van der Waals surface area contributed by atoms with Crippen molar-refractivity contribution < 1.29 is 17.5 Å². The monoisotopic (exact) mass is 478 g/mol. The second kappa shape index (κ2) is 9.61. The zero-order valence-electron chi connectivity index (χ0n) is 18.9. The third-order valence-electron chi connectivity index (χ3n) is 6.30. The van der Waals surface area contributed by atoms with Crippen molar-refractivity contribution in [1.82, 2.24) is 4.31 Å². The van der Waals surface area contributed by atoms with Gasteiger partial charge in [0, 0.05) is 31.4 Å². The fourth-order valence-electron chi connectivity index (χ4n) is 4.07. The van der Waals surface area contributed by atoms with E-state index in [1.54, 1.807) is 37.0 Å². The second-order valence-electron chi connectivity index (χ2n) is 8.63. The second-order valence-corrected chi connectivity index (χ2v) is 11.4. The third-order valence-corrected chi connectivity index (χ3v) is 9.00. The van der Waals surface area contributed by atoms with Gasteiger partial charge in [0.05, 0.1) is 17.2 Å². The molecule has 1 saturated carbocycles. The first kappa shape index (κ1) is 23.4. The summed E-state index contributed by atoms with van der Waals surface area (Å²) in [7, 11) is -2.06. The molecule has 0 unspecified atom stereocenters. The van der Waals surface area contributed by atoms with E-state index in [9.17, 15) is 12.8 Å². The molecule has 0 saturated heterocycles. The molecule has 2 aromatic rings. The maximum Gasteiger partial charge on any atom is 0.245 e. The van der Waals surface area contributed by atoms with Crippen LogP contribution in [0.25, 0.3) is 0 Å². The van der Waals surface area contributed by atoms with Crippen LogP contribution < -0.4 is 9.64 Å². The van der Waals surface area contributed by atoms with Crippen molar-refractivity contribution in [3.8, 4) is 5.75 Å². The van der Waals surface area contributed by atoms with Crippen molar-refractivity contribution in [3.05, 3.63) is 42.2 Å². The summed E-state index contributed by atoms with van der Waals surface area (Å²) >= 11 is 1.54. The summed E-state index contributed by atoms with van der Waals surface area (Å²) in [6.07, 6.45) is 6.98. The van der Waals surface area contributed by atoms with Crippen LogP contribution in [-0.2, 0) is 10.0 Å². The third kappa shape index (κ3) is 4.77. The van der Waals surface area contributed by atoms with Crippen molar-refractivity contribution in [1.29, 1.82) is 0 Å². The average Bonchev–Trinajstić information content (AvgIpc) is 3.62. The molecule has 1 atom stereocenters. The normalized spacial score (nSPS) is 20.6.